The third kappa shape index (κ3) is 2.55. The van der Waals surface area contributed by atoms with Crippen LogP contribution in [0.3, 0.4) is 0 Å². The lowest BCUT2D eigenvalue weighted by Crippen LogP contribution is -2.22. The van der Waals surface area contributed by atoms with Gasteiger partial charge in [0.25, 0.3) is 0 Å². The second-order valence-electron chi connectivity index (χ2n) is 4.11. The van der Waals surface area contributed by atoms with Gasteiger partial charge in [-0.1, -0.05) is 0 Å². The van der Waals surface area contributed by atoms with E-state index in [2.05, 4.69) is 18.4 Å². The first-order valence-corrected chi connectivity index (χ1v) is 5.93. The molecule has 2 rings (SSSR count). The van der Waals surface area contributed by atoms with Gasteiger partial charge in [0, 0.05) is 10.9 Å². The number of aryl methyl sites for hydroxylation is 2. The molecule has 1 aromatic rings. The molecular weight excluding hydrogens is 178 g/mol. The molecule has 0 aromatic carbocycles. The van der Waals surface area contributed by atoms with Gasteiger partial charge < -0.3 is 5.73 Å². The fraction of sp³-hybridized carbons (Fsp3) is 0.636. The van der Waals surface area contributed by atoms with Crippen molar-refractivity contribution in [3.05, 3.63) is 21.9 Å². The molecule has 1 aliphatic carbocycles. The molecule has 13 heavy (non-hydrogen) atoms. The fourth-order valence-corrected chi connectivity index (χ4v) is 2.46. The lowest BCUT2D eigenvalue weighted by Gasteiger charge is -2.08. The molecule has 0 amide bonds. The van der Waals surface area contributed by atoms with Crippen LogP contribution in [0.4, 0.5) is 0 Å². The number of nitrogens with two attached hydrogens (primary N) is 1. The summed E-state index contributed by atoms with van der Waals surface area (Å²) in [6.07, 6.45) is 5.07. The van der Waals surface area contributed by atoms with Crippen LogP contribution >= 0.6 is 11.3 Å². The minimum atomic E-state index is 0.459. The van der Waals surface area contributed by atoms with Gasteiger partial charge in [0.2, 0.25) is 0 Å². The molecule has 2 heteroatoms. The van der Waals surface area contributed by atoms with Gasteiger partial charge >= 0.3 is 0 Å². The third-order valence-electron chi connectivity index (χ3n) is 2.78. The van der Waals surface area contributed by atoms with Crippen LogP contribution in [0.25, 0.3) is 0 Å². The lowest BCUT2D eigenvalue weighted by atomic mass is 10.0. The average Bonchev–Trinajstić information content (AvgIpc) is 2.87. The third-order valence-corrected chi connectivity index (χ3v) is 3.69. The molecule has 1 aromatic heterocycles. The van der Waals surface area contributed by atoms with E-state index in [1.165, 1.54) is 36.1 Å². The van der Waals surface area contributed by atoms with Crippen molar-refractivity contribution in [3.8, 4) is 0 Å². The molecule has 0 saturated heterocycles. The molecule has 72 valence electrons. The summed E-state index contributed by atoms with van der Waals surface area (Å²) in [5.41, 5.74) is 7.51. The topological polar surface area (TPSA) is 26.0 Å². The van der Waals surface area contributed by atoms with E-state index in [1.54, 1.807) is 0 Å². The highest BCUT2D eigenvalue weighted by Gasteiger charge is 2.27. The number of rotatable bonds is 4. The molecule has 0 bridgehead atoms. The van der Waals surface area contributed by atoms with Crippen LogP contribution in [-0.4, -0.2) is 6.04 Å². The van der Waals surface area contributed by atoms with Crippen molar-refractivity contribution < 1.29 is 0 Å². The first-order valence-electron chi connectivity index (χ1n) is 5.05. The number of hydrogen-bond donors (Lipinski definition) is 1. The van der Waals surface area contributed by atoms with Crippen LogP contribution in [0, 0.1) is 12.8 Å². The van der Waals surface area contributed by atoms with Crippen LogP contribution in [0.5, 0.6) is 0 Å². The zero-order chi connectivity index (χ0) is 9.26. The Balaban J connectivity index is 1.78. The van der Waals surface area contributed by atoms with E-state index in [0.717, 1.165) is 5.92 Å². The van der Waals surface area contributed by atoms with Crippen molar-refractivity contribution in [1.82, 2.24) is 0 Å². The van der Waals surface area contributed by atoms with E-state index in [9.17, 15) is 0 Å². The van der Waals surface area contributed by atoms with Crippen LogP contribution < -0.4 is 5.73 Å². The monoisotopic (exact) mass is 195 g/mol. The highest BCUT2D eigenvalue weighted by molar-refractivity contribution is 7.10. The smallest absolute Gasteiger partial charge is 0.00703 e. The van der Waals surface area contributed by atoms with Crippen molar-refractivity contribution >= 4 is 11.3 Å². The number of thiophene rings is 1. The molecule has 1 fully saturated rings. The molecular formula is C11H17NS. The maximum absolute atomic E-state index is 6.04. The molecule has 1 heterocycles. The van der Waals surface area contributed by atoms with Crippen LogP contribution in [0.15, 0.2) is 11.4 Å². The van der Waals surface area contributed by atoms with E-state index in [-0.39, 0.29) is 0 Å². The largest absolute Gasteiger partial charge is 0.327 e. The highest BCUT2D eigenvalue weighted by atomic mass is 32.1. The molecule has 0 aliphatic heterocycles. The van der Waals surface area contributed by atoms with E-state index < -0.39 is 0 Å². The molecule has 1 unspecified atom stereocenters. The molecule has 1 atom stereocenters. The molecule has 1 nitrogen and oxygen atoms in total. The Hall–Kier alpha value is -0.340. The summed E-state index contributed by atoms with van der Waals surface area (Å²) in [6, 6.07) is 2.74. The summed E-state index contributed by atoms with van der Waals surface area (Å²) in [7, 11) is 0. The normalized spacial score (nSPS) is 18.9. The Kier molecular flexibility index (Phi) is 2.70. The summed E-state index contributed by atoms with van der Waals surface area (Å²) in [5.74, 6) is 0.847. The Bertz CT molecular complexity index is 275. The minimum absolute atomic E-state index is 0.459. The Labute approximate surface area is 84.0 Å². The first-order chi connectivity index (χ1) is 6.25. The summed E-state index contributed by atoms with van der Waals surface area (Å²) >= 11 is 1.84. The Morgan fingerprint density at radius 2 is 2.38 bits per heavy atom. The molecule has 0 spiro atoms. The van der Waals surface area contributed by atoms with Crippen molar-refractivity contribution in [1.29, 1.82) is 0 Å². The average molecular weight is 195 g/mol. The van der Waals surface area contributed by atoms with Crippen LogP contribution in [-0.2, 0) is 6.42 Å². The van der Waals surface area contributed by atoms with E-state index >= 15 is 0 Å². The van der Waals surface area contributed by atoms with Gasteiger partial charge in [-0.25, -0.2) is 0 Å². The summed E-state index contributed by atoms with van der Waals surface area (Å²) in [6.45, 7) is 2.16. The lowest BCUT2D eigenvalue weighted by molar-refractivity contribution is 0.550. The van der Waals surface area contributed by atoms with Crippen molar-refractivity contribution in [2.24, 2.45) is 11.7 Å². The second-order valence-corrected chi connectivity index (χ2v) is 5.22. The SMILES string of the molecule is Cc1cc(CCC(N)C2CC2)cs1. The van der Waals surface area contributed by atoms with Crippen molar-refractivity contribution in [3.63, 3.8) is 0 Å². The molecule has 0 radical (unpaired) electrons. The summed E-state index contributed by atoms with van der Waals surface area (Å²) in [4.78, 5) is 1.41. The van der Waals surface area contributed by atoms with E-state index in [0.29, 0.717) is 6.04 Å². The van der Waals surface area contributed by atoms with Gasteiger partial charge in [0.15, 0.2) is 0 Å². The van der Waals surface area contributed by atoms with Gasteiger partial charge in [0.1, 0.15) is 0 Å². The maximum Gasteiger partial charge on any atom is 0.00703 e. The Morgan fingerprint density at radius 1 is 1.62 bits per heavy atom. The van der Waals surface area contributed by atoms with Crippen molar-refractivity contribution in [2.45, 2.75) is 38.6 Å². The first kappa shape index (κ1) is 9.22. The highest BCUT2D eigenvalue weighted by Crippen LogP contribution is 2.33. The number of hydrogen-bond acceptors (Lipinski definition) is 2. The van der Waals surface area contributed by atoms with Crippen molar-refractivity contribution in [2.75, 3.05) is 0 Å². The quantitative estimate of drug-likeness (QED) is 0.785. The predicted molar refractivity (Wildman–Crippen MR) is 58.1 cm³/mol. The predicted octanol–water partition coefficient (Wildman–Crippen LogP) is 2.73. The minimum Gasteiger partial charge on any atom is -0.327 e. The fourth-order valence-electron chi connectivity index (χ4n) is 1.72. The molecule has 2 N–H and O–H groups in total. The molecule has 1 saturated carbocycles. The zero-order valence-corrected chi connectivity index (χ0v) is 8.94. The Morgan fingerprint density at radius 3 is 2.92 bits per heavy atom. The van der Waals surface area contributed by atoms with Crippen LogP contribution in [0.2, 0.25) is 0 Å². The van der Waals surface area contributed by atoms with Gasteiger partial charge in [-0.3, -0.25) is 0 Å². The van der Waals surface area contributed by atoms with Crippen LogP contribution in [0.1, 0.15) is 29.7 Å². The van der Waals surface area contributed by atoms with Gasteiger partial charge in [0.05, 0.1) is 0 Å². The van der Waals surface area contributed by atoms with E-state index in [1.807, 2.05) is 11.3 Å². The standard InChI is InChI=1S/C11H17NS/c1-8-6-9(7-13-8)2-5-11(12)10-3-4-10/h6-7,10-11H,2-5,12H2,1H3. The maximum atomic E-state index is 6.04. The van der Waals surface area contributed by atoms with E-state index in [4.69, 9.17) is 5.73 Å². The van der Waals surface area contributed by atoms with Gasteiger partial charge in [-0.15, -0.1) is 11.3 Å². The summed E-state index contributed by atoms with van der Waals surface area (Å²) in [5, 5.41) is 2.26. The molecule has 1 aliphatic rings. The zero-order valence-electron chi connectivity index (χ0n) is 8.12. The van der Waals surface area contributed by atoms with Gasteiger partial charge in [-0.05, 0) is 55.5 Å². The summed E-state index contributed by atoms with van der Waals surface area (Å²) < 4.78 is 0. The van der Waals surface area contributed by atoms with Gasteiger partial charge in [-0.2, -0.15) is 0 Å². The second kappa shape index (κ2) is 3.81.